The number of aromatic hydroxyl groups is 1. The number of hydrogen-bond acceptors (Lipinski definition) is 6. The molecule has 1 aromatic heterocycles. The second-order valence-electron chi connectivity index (χ2n) is 6.63. The maximum absolute atomic E-state index is 13.1. The second kappa shape index (κ2) is 7.39. The molecule has 0 aliphatic carbocycles. The van der Waals surface area contributed by atoms with E-state index in [2.05, 4.69) is 15.7 Å². The third-order valence-corrected chi connectivity index (χ3v) is 5.63. The van der Waals surface area contributed by atoms with Crippen molar-refractivity contribution in [2.75, 3.05) is 6.26 Å². The van der Waals surface area contributed by atoms with Crippen LogP contribution in [-0.2, 0) is 9.05 Å². The molecule has 0 aliphatic heterocycles. The summed E-state index contributed by atoms with van der Waals surface area (Å²) in [5, 5.41) is 11.5. The Morgan fingerprint density at radius 2 is 1.43 bits per heavy atom. The largest absolute Gasteiger partial charge is 0.507 e. The smallest absolute Gasteiger partial charge is 0.229 e. The number of nitrogens with one attached hydrogen (secondary N) is 1. The molecule has 5 aromatic rings. The van der Waals surface area contributed by atoms with E-state index in [1.165, 1.54) is 11.3 Å². The Labute approximate surface area is 178 Å². The van der Waals surface area contributed by atoms with Gasteiger partial charge >= 0.3 is 0 Å². The average molecular weight is 460 g/mol. The summed E-state index contributed by atoms with van der Waals surface area (Å²) in [6.07, 6.45) is 0.925. The quantitative estimate of drug-likeness (QED) is 0.204. The topological polar surface area (TPSA) is 104 Å². The minimum atomic E-state index is -3.19. The van der Waals surface area contributed by atoms with Gasteiger partial charge in [0.25, 0.3) is 0 Å². The van der Waals surface area contributed by atoms with Gasteiger partial charge in [-0.3, -0.25) is 9.59 Å². The van der Waals surface area contributed by atoms with Gasteiger partial charge < -0.3 is 10.1 Å². The van der Waals surface area contributed by atoms with E-state index < -0.39 is 9.05 Å². The first-order chi connectivity index (χ1) is 14.1. The molecule has 5 rings (SSSR count). The van der Waals surface area contributed by atoms with Crippen LogP contribution in [0.25, 0.3) is 42.0 Å². The minimum absolute atomic E-state index is 0.0786. The number of halogens is 1. The fourth-order valence-electron chi connectivity index (χ4n) is 3.37. The molecule has 9 heteroatoms. The van der Waals surface area contributed by atoms with Crippen LogP contribution in [0, 0.1) is 0 Å². The van der Waals surface area contributed by atoms with E-state index in [9.17, 15) is 23.1 Å². The number of rotatable bonds is 0. The lowest BCUT2D eigenvalue weighted by Gasteiger charge is -2.08. The van der Waals surface area contributed by atoms with Crippen LogP contribution in [0.3, 0.4) is 0 Å². The van der Waals surface area contributed by atoms with Crippen molar-refractivity contribution in [3.8, 4) is 5.75 Å². The van der Waals surface area contributed by atoms with Crippen LogP contribution >= 0.6 is 22.0 Å². The third kappa shape index (κ3) is 3.65. The van der Waals surface area contributed by atoms with Crippen molar-refractivity contribution in [3.63, 3.8) is 0 Å². The highest BCUT2D eigenvalue weighted by molar-refractivity contribution is 8.13. The predicted molar refractivity (Wildman–Crippen MR) is 124 cm³/mol. The third-order valence-electron chi connectivity index (χ3n) is 4.51. The number of aromatic amines is 1. The summed E-state index contributed by atoms with van der Waals surface area (Å²) in [5.41, 5.74) is 0.900. The molecule has 0 spiro atoms. The van der Waals surface area contributed by atoms with Gasteiger partial charge in [0.15, 0.2) is 10.9 Å². The second-order valence-corrected chi connectivity index (χ2v) is 10.8. The van der Waals surface area contributed by atoms with Crippen molar-refractivity contribution >= 4 is 73.0 Å². The van der Waals surface area contributed by atoms with Crippen LogP contribution in [0.5, 0.6) is 5.75 Å². The molecular weight excluding hydrogens is 446 g/mol. The molecule has 2 N–H and O–H groups in total. The molecule has 1 heterocycles. The Hall–Kier alpha value is -2.94. The lowest BCUT2D eigenvalue weighted by Crippen LogP contribution is -2.13. The van der Waals surface area contributed by atoms with Crippen molar-refractivity contribution in [2.45, 2.75) is 0 Å². The zero-order chi connectivity index (χ0) is 21.6. The maximum atomic E-state index is 13.1. The highest BCUT2D eigenvalue weighted by atomic mass is 35.7. The highest BCUT2D eigenvalue weighted by Crippen LogP contribution is 2.34. The average Bonchev–Trinajstić information content (AvgIpc) is 2.68. The molecule has 0 saturated carbocycles. The van der Waals surface area contributed by atoms with Gasteiger partial charge in [-0.1, -0.05) is 36.4 Å². The number of fused-ring (bicyclic) bond motifs is 5. The predicted octanol–water partition coefficient (Wildman–Crippen LogP) is 4.30. The van der Waals surface area contributed by atoms with Crippen molar-refractivity contribution < 1.29 is 13.5 Å². The highest BCUT2D eigenvalue weighted by Gasteiger charge is 2.17. The molecule has 0 radical (unpaired) electrons. The zero-order valence-electron chi connectivity index (χ0n) is 15.5. The monoisotopic (exact) mass is 459 g/mol. The van der Waals surface area contributed by atoms with E-state index in [4.69, 9.17) is 0 Å². The Balaban J connectivity index is 0.000000393. The first-order valence-corrected chi connectivity index (χ1v) is 12.2. The normalized spacial score (nSPS) is 11.7. The molecule has 0 bridgehead atoms. The van der Waals surface area contributed by atoms with E-state index in [0.717, 1.165) is 21.2 Å². The van der Waals surface area contributed by atoms with Gasteiger partial charge in [-0.15, -0.1) is 11.3 Å². The fourth-order valence-corrected chi connectivity index (χ4v) is 4.41. The number of benzene rings is 4. The SMILES string of the molecule is CS(=O)(=O)Cl.O=c1c2ccccc2c(=O)c2c1c(O)cc1sc3ccccc3[nH]c12. The summed E-state index contributed by atoms with van der Waals surface area (Å²) in [6.45, 7) is 0. The number of para-hydroxylation sites is 1. The molecule has 152 valence electrons. The molecule has 0 aliphatic rings. The van der Waals surface area contributed by atoms with Gasteiger partial charge in [-0.05, 0) is 12.1 Å². The van der Waals surface area contributed by atoms with Gasteiger partial charge in [0, 0.05) is 27.5 Å². The number of phenols is 1. The molecule has 0 saturated heterocycles. The first kappa shape index (κ1) is 20.3. The van der Waals surface area contributed by atoms with Gasteiger partial charge in [0.05, 0.1) is 37.5 Å². The Bertz CT molecular complexity index is 1680. The summed E-state index contributed by atoms with van der Waals surface area (Å²) in [7, 11) is 1.31. The van der Waals surface area contributed by atoms with Crippen molar-refractivity contribution in [2.24, 2.45) is 0 Å². The van der Waals surface area contributed by atoms with Crippen LogP contribution in [0.15, 0.2) is 64.2 Å². The van der Waals surface area contributed by atoms with Crippen LogP contribution in [-0.4, -0.2) is 24.8 Å². The van der Waals surface area contributed by atoms with Crippen molar-refractivity contribution in [1.82, 2.24) is 4.98 Å². The van der Waals surface area contributed by atoms with Crippen LogP contribution in [0.4, 0.5) is 0 Å². The lowest BCUT2D eigenvalue weighted by atomic mass is 10.0. The summed E-state index contributed by atoms with van der Waals surface area (Å²) >= 11 is 1.47. The van der Waals surface area contributed by atoms with E-state index >= 15 is 0 Å². The van der Waals surface area contributed by atoms with Gasteiger partial charge in [-0.25, -0.2) is 8.42 Å². The van der Waals surface area contributed by atoms with E-state index in [-0.39, 0.29) is 27.4 Å². The zero-order valence-corrected chi connectivity index (χ0v) is 17.9. The number of hydrogen-bond donors (Lipinski definition) is 2. The Morgan fingerprint density at radius 3 is 2.07 bits per heavy atom. The fraction of sp³-hybridized carbons (Fsp3) is 0.0476. The van der Waals surface area contributed by atoms with Crippen molar-refractivity contribution in [1.29, 1.82) is 0 Å². The molecule has 0 atom stereocenters. The summed E-state index contributed by atoms with van der Waals surface area (Å²) in [6, 6.07) is 16.0. The van der Waals surface area contributed by atoms with Gasteiger partial charge in [-0.2, -0.15) is 0 Å². The molecule has 0 fully saturated rings. The molecule has 6 nitrogen and oxygen atoms in total. The number of aromatic nitrogens is 1. The number of phenolic OH excluding ortho intramolecular Hbond substituents is 1. The van der Waals surface area contributed by atoms with Gasteiger partial charge in [0.1, 0.15) is 5.75 Å². The van der Waals surface area contributed by atoms with Crippen LogP contribution in [0.2, 0.25) is 0 Å². The van der Waals surface area contributed by atoms with Crippen molar-refractivity contribution in [3.05, 3.63) is 75.0 Å². The van der Waals surface area contributed by atoms with E-state index in [0.29, 0.717) is 16.3 Å². The lowest BCUT2D eigenvalue weighted by molar-refractivity contribution is 0.482. The van der Waals surface area contributed by atoms with Gasteiger partial charge in [0.2, 0.25) is 9.05 Å². The minimum Gasteiger partial charge on any atom is -0.507 e. The summed E-state index contributed by atoms with van der Waals surface area (Å²) in [5.74, 6) is -0.157. The molecule has 0 amide bonds. The molecule has 4 aromatic carbocycles. The number of H-pyrrole nitrogens is 1. The molecular formula is C21H14ClNO5S2. The summed E-state index contributed by atoms with van der Waals surface area (Å²) in [4.78, 5) is 29.2. The van der Waals surface area contributed by atoms with E-state index in [1.807, 2.05) is 24.3 Å². The molecule has 0 unspecified atom stereocenters. The Morgan fingerprint density at radius 1 is 0.900 bits per heavy atom. The maximum Gasteiger partial charge on any atom is 0.229 e. The Kier molecular flexibility index (Phi) is 5.01. The van der Waals surface area contributed by atoms with E-state index in [1.54, 1.807) is 30.3 Å². The van der Waals surface area contributed by atoms with Crippen LogP contribution in [0.1, 0.15) is 0 Å². The molecule has 30 heavy (non-hydrogen) atoms. The standard InChI is InChI=1S/C20H11NO3S.CH3ClO2S/c22-13-9-15-18(21-12-7-3-4-8-14(12)25-15)17-16(13)19(23)10-5-1-2-6-11(10)20(17)24;1-5(2,3)4/h1-9,21-22H;1H3. The summed E-state index contributed by atoms with van der Waals surface area (Å²) < 4.78 is 20.5. The first-order valence-electron chi connectivity index (χ1n) is 8.67. The van der Waals surface area contributed by atoms with Crippen LogP contribution < -0.4 is 10.9 Å².